The maximum atomic E-state index is 11.3. The largest absolute Gasteiger partial charge is 0.480 e. The molecule has 1 amide bonds. The number of carbonyl (C=O) groups excluding carboxylic acids is 1. The molecule has 0 fully saturated rings. The fourth-order valence-electron chi connectivity index (χ4n) is 1.10. The van der Waals surface area contributed by atoms with Crippen molar-refractivity contribution in [2.75, 3.05) is 6.61 Å². The van der Waals surface area contributed by atoms with Crippen molar-refractivity contribution in [3.8, 4) is 0 Å². The van der Waals surface area contributed by atoms with Gasteiger partial charge in [-0.1, -0.05) is 0 Å². The minimum atomic E-state index is -1.25. The van der Waals surface area contributed by atoms with Crippen LogP contribution in [0.1, 0.15) is 6.42 Å². The van der Waals surface area contributed by atoms with Gasteiger partial charge in [0.15, 0.2) is 0 Å². The third-order valence-corrected chi connectivity index (χ3v) is 1.94. The van der Waals surface area contributed by atoms with E-state index in [1.807, 2.05) is 0 Å². The lowest BCUT2D eigenvalue weighted by Crippen LogP contribution is -2.43. The van der Waals surface area contributed by atoms with Gasteiger partial charge in [-0.05, 0) is 6.07 Å². The lowest BCUT2D eigenvalue weighted by Gasteiger charge is -2.11. The molecule has 1 unspecified atom stereocenters. The minimum absolute atomic E-state index is 0.117. The quantitative estimate of drug-likeness (QED) is 0.568. The lowest BCUT2D eigenvalue weighted by molar-refractivity contribution is -0.143. The predicted octanol–water partition coefficient (Wildman–Crippen LogP) is -1.17. The predicted molar refractivity (Wildman–Crippen MR) is 53.5 cm³/mol. The van der Waals surface area contributed by atoms with Crippen molar-refractivity contribution < 1.29 is 19.8 Å². The summed E-state index contributed by atoms with van der Waals surface area (Å²) >= 11 is 0. The van der Waals surface area contributed by atoms with Crippen molar-refractivity contribution in [3.63, 3.8) is 0 Å². The first-order valence-corrected chi connectivity index (χ1v) is 4.74. The van der Waals surface area contributed by atoms with Gasteiger partial charge in [0.1, 0.15) is 6.04 Å². The highest BCUT2D eigenvalue weighted by Crippen LogP contribution is 1.91. The van der Waals surface area contributed by atoms with Gasteiger partial charge in [0, 0.05) is 25.4 Å². The van der Waals surface area contributed by atoms with Gasteiger partial charge in [0.2, 0.25) is 5.91 Å². The smallest absolute Gasteiger partial charge is 0.328 e. The van der Waals surface area contributed by atoms with Gasteiger partial charge in [-0.2, -0.15) is 5.10 Å². The molecule has 0 aliphatic rings. The molecule has 1 rings (SSSR count). The van der Waals surface area contributed by atoms with Crippen molar-refractivity contribution in [3.05, 3.63) is 18.5 Å². The third kappa shape index (κ3) is 3.70. The third-order valence-electron chi connectivity index (χ3n) is 1.94. The zero-order valence-corrected chi connectivity index (χ0v) is 8.54. The summed E-state index contributed by atoms with van der Waals surface area (Å²) in [5.41, 5.74) is 0. The number of aliphatic hydroxyl groups excluding tert-OH is 1. The average Bonchev–Trinajstić information content (AvgIpc) is 2.75. The number of aryl methyl sites for hydroxylation is 1. The topological polar surface area (TPSA) is 104 Å². The number of aromatic nitrogens is 2. The Morgan fingerprint density at radius 3 is 2.75 bits per heavy atom. The van der Waals surface area contributed by atoms with E-state index in [-0.39, 0.29) is 6.42 Å². The molecule has 3 N–H and O–H groups in total. The van der Waals surface area contributed by atoms with Gasteiger partial charge >= 0.3 is 5.97 Å². The number of rotatable bonds is 6. The summed E-state index contributed by atoms with van der Waals surface area (Å²) in [6.07, 6.45) is 3.41. The molecular weight excluding hydrogens is 214 g/mol. The minimum Gasteiger partial charge on any atom is -0.480 e. The van der Waals surface area contributed by atoms with Crippen molar-refractivity contribution >= 4 is 11.9 Å². The van der Waals surface area contributed by atoms with Crippen LogP contribution in [0.25, 0.3) is 0 Å². The van der Waals surface area contributed by atoms with E-state index < -0.39 is 24.5 Å². The second kappa shape index (κ2) is 5.86. The molecule has 1 aromatic rings. The molecule has 0 spiro atoms. The number of nitrogens with zero attached hydrogens (tertiary/aromatic N) is 2. The molecule has 0 bridgehead atoms. The van der Waals surface area contributed by atoms with E-state index >= 15 is 0 Å². The molecule has 7 nitrogen and oxygen atoms in total. The zero-order valence-electron chi connectivity index (χ0n) is 8.54. The molecular formula is C9H13N3O4. The Hall–Kier alpha value is -1.89. The number of carbonyl (C=O) groups is 2. The van der Waals surface area contributed by atoms with Crippen LogP contribution in [-0.4, -0.2) is 44.5 Å². The monoisotopic (exact) mass is 227 g/mol. The summed E-state index contributed by atoms with van der Waals surface area (Å²) in [4.78, 5) is 21.8. The Bertz CT molecular complexity index is 350. The van der Waals surface area contributed by atoms with Crippen LogP contribution in [0, 0.1) is 0 Å². The van der Waals surface area contributed by atoms with Gasteiger partial charge in [-0.25, -0.2) is 4.79 Å². The number of carboxylic acids is 1. The number of aliphatic hydroxyl groups is 1. The van der Waals surface area contributed by atoms with Crippen molar-refractivity contribution in [2.45, 2.75) is 19.0 Å². The fourth-order valence-corrected chi connectivity index (χ4v) is 1.10. The number of carboxylic acid groups (broad SMARTS) is 1. The molecule has 1 atom stereocenters. The van der Waals surface area contributed by atoms with Crippen molar-refractivity contribution in [1.29, 1.82) is 0 Å². The van der Waals surface area contributed by atoms with Crippen LogP contribution in [0.2, 0.25) is 0 Å². The Morgan fingerprint density at radius 1 is 1.50 bits per heavy atom. The summed E-state index contributed by atoms with van der Waals surface area (Å²) < 4.78 is 1.56. The van der Waals surface area contributed by atoms with Crippen LogP contribution in [0.5, 0.6) is 0 Å². The first kappa shape index (κ1) is 12.2. The normalized spacial score (nSPS) is 12.1. The molecule has 0 saturated carbocycles. The van der Waals surface area contributed by atoms with Gasteiger partial charge in [0.25, 0.3) is 0 Å². The molecule has 0 radical (unpaired) electrons. The van der Waals surface area contributed by atoms with E-state index in [9.17, 15) is 9.59 Å². The summed E-state index contributed by atoms with van der Waals surface area (Å²) in [6, 6.07) is 0.483. The average molecular weight is 227 g/mol. The van der Waals surface area contributed by atoms with Gasteiger partial charge in [-0.3, -0.25) is 9.48 Å². The fraction of sp³-hybridized carbons (Fsp3) is 0.444. The summed E-state index contributed by atoms with van der Waals surface area (Å²) in [7, 11) is 0. The van der Waals surface area contributed by atoms with Gasteiger partial charge in [0.05, 0.1) is 6.61 Å². The van der Waals surface area contributed by atoms with E-state index in [0.29, 0.717) is 6.54 Å². The highest BCUT2D eigenvalue weighted by Gasteiger charge is 2.18. The van der Waals surface area contributed by atoms with E-state index in [0.717, 1.165) is 0 Å². The summed E-state index contributed by atoms with van der Waals surface area (Å²) in [5.74, 6) is -1.69. The molecule has 1 heterocycles. The molecule has 0 saturated heterocycles. The van der Waals surface area contributed by atoms with E-state index in [1.165, 1.54) is 0 Å². The first-order chi connectivity index (χ1) is 7.63. The van der Waals surface area contributed by atoms with Gasteiger partial charge < -0.3 is 15.5 Å². The van der Waals surface area contributed by atoms with Crippen molar-refractivity contribution in [2.24, 2.45) is 0 Å². The summed E-state index contributed by atoms with van der Waals surface area (Å²) in [5, 5.41) is 23.4. The van der Waals surface area contributed by atoms with E-state index in [4.69, 9.17) is 10.2 Å². The SMILES string of the molecule is O=C(CCn1cccn1)NC(CO)C(=O)O. The molecule has 1 aromatic heterocycles. The van der Waals surface area contributed by atoms with Crippen LogP contribution >= 0.6 is 0 Å². The Labute approximate surface area is 91.7 Å². The van der Waals surface area contributed by atoms with Crippen LogP contribution in [0.4, 0.5) is 0 Å². The second-order valence-corrected chi connectivity index (χ2v) is 3.16. The Morgan fingerprint density at radius 2 is 2.25 bits per heavy atom. The highest BCUT2D eigenvalue weighted by molar-refractivity contribution is 5.83. The molecule has 0 aliphatic heterocycles. The maximum Gasteiger partial charge on any atom is 0.328 e. The van der Waals surface area contributed by atoms with Crippen molar-refractivity contribution in [1.82, 2.24) is 15.1 Å². The van der Waals surface area contributed by atoms with E-state index in [1.54, 1.807) is 23.1 Å². The molecule has 7 heteroatoms. The maximum absolute atomic E-state index is 11.3. The number of aliphatic carboxylic acids is 1. The second-order valence-electron chi connectivity index (χ2n) is 3.16. The zero-order chi connectivity index (χ0) is 12.0. The number of hydrogen-bond acceptors (Lipinski definition) is 4. The number of nitrogens with one attached hydrogen (secondary N) is 1. The summed E-state index contributed by atoms with van der Waals surface area (Å²) in [6.45, 7) is -0.251. The molecule has 16 heavy (non-hydrogen) atoms. The molecule has 0 aromatic carbocycles. The lowest BCUT2D eigenvalue weighted by atomic mass is 10.3. The van der Waals surface area contributed by atoms with Crippen LogP contribution in [0.3, 0.4) is 0 Å². The molecule has 0 aliphatic carbocycles. The van der Waals surface area contributed by atoms with Crippen LogP contribution < -0.4 is 5.32 Å². The van der Waals surface area contributed by atoms with Gasteiger partial charge in [-0.15, -0.1) is 0 Å². The first-order valence-electron chi connectivity index (χ1n) is 4.74. The highest BCUT2D eigenvalue weighted by atomic mass is 16.4. The van der Waals surface area contributed by atoms with Crippen LogP contribution in [0.15, 0.2) is 18.5 Å². The van der Waals surface area contributed by atoms with Crippen LogP contribution in [-0.2, 0) is 16.1 Å². The standard InChI is InChI=1S/C9H13N3O4/c13-6-7(9(15)16)11-8(14)2-5-12-4-1-3-10-12/h1,3-4,7,13H,2,5-6H2,(H,11,14)(H,15,16). The number of amides is 1. The molecule has 88 valence electrons. The Balaban J connectivity index is 2.33. The van der Waals surface area contributed by atoms with E-state index in [2.05, 4.69) is 10.4 Å². The Kier molecular flexibility index (Phi) is 4.46. The number of hydrogen-bond donors (Lipinski definition) is 3.